The second-order valence-corrected chi connectivity index (χ2v) is 4.85. The van der Waals surface area contributed by atoms with Crippen LogP contribution >= 0.6 is 0 Å². The Morgan fingerprint density at radius 1 is 0.609 bits per heavy atom. The van der Waals surface area contributed by atoms with Gasteiger partial charge in [0.2, 0.25) is 0 Å². The van der Waals surface area contributed by atoms with E-state index >= 15 is 0 Å². The van der Waals surface area contributed by atoms with Gasteiger partial charge in [0.05, 0.1) is 41.7 Å². The minimum Gasteiger partial charge on any atom is -0.497 e. The molecule has 0 aromatic heterocycles. The first-order valence-corrected chi connectivity index (χ1v) is 7.21. The third-order valence-corrected chi connectivity index (χ3v) is 3.50. The summed E-state index contributed by atoms with van der Waals surface area (Å²) < 4.78 is 26.9. The van der Waals surface area contributed by atoms with E-state index in [-0.39, 0.29) is 0 Å². The van der Waals surface area contributed by atoms with Crippen molar-refractivity contribution >= 4 is 0 Å². The minimum absolute atomic E-state index is 0.433. The highest BCUT2D eigenvalue weighted by molar-refractivity contribution is 5.41. The largest absolute Gasteiger partial charge is 0.497 e. The van der Waals surface area contributed by atoms with Gasteiger partial charge in [-0.3, -0.25) is 0 Å². The van der Waals surface area contributed by atoms with Crippen LogP contribution in [-0.4, -0.2) is 28.4 Å². The van der Waals surface area contributed by atoms with E-state index in [4.69, 9.17) is 23.7 Å². The quantitative estimate of drug-likeness (QED) is 0.746. The number of ether oxygens (including phenoxy) is 5. The highest BCUT2D eigenvalue weighted by Gasteiger charge is 2.08. The van der Waals surface area contributed by atoms with Crippen molar-refractivity contribution in [2.75, 3.05) is 28.4 Å². The average molecular weight is 318 g/mol. The van der Waals surface area contributed by atoms with Crippen molar-refractivity contribution in [2.24, 2.45) is 0 Å². The fourth-order valence-electron chi connectivity index (χ4n) is 2.21. The highest BCUT2D eigenvalue weighted by atomic mass is 16.5. The van der Waals surface area contributed by atoms with E-state index in [2.05, 4.69) is 0 Å². The van der Waals surface area contributed by atoms with E-state index in [1.807, 2.05) is 36.4 Å². The summed E-state index contributed by atoms with van der Waals surface area (Å²) in [6, 6.07) is 11.3. The Morgan fingerprint density at radius 3 is 1.39 bits per heavy atom. The Morgan fingerprint density at radius 2 is 1.04 bits per heavy atom. The van der Waals surface area contributed by atoms with Gasteiger partial charge in [-0.05, 0) is 24.3 Å². The first kappa shape index (κ1) is 17.0. The molecule has 0 aliphatic carbocycles. The van der Waals surface area contributed by atoms with Crippen LogP contribution in [0.5, 0.6) is 23.0 Å². The molecule has 0 saturated heterocycles. The molecular formula is C18H22O5. The molecule has 0 aliphatic rings. The van der Waals surface area contributed by atoms with E-state index in [0.717, 1.165) is 34.1 Å². The second-order valence-electron chi connectivity index (χ2n) is 4.85. The molecule has 5 heteroatoms. The molecule has 2 rings (SSSR count). The standard InChI is InChI=1S/C18H22O5/c1-19-15-7-5-13(17(9-15)21-3)11-23-12-14-6-8-16(20-2)10-18(14)22-4/h5-10H,11-12H2,1-4H3. The van der Waals surface area contributed by atoms with Crippen LogP contribution in [0, 0.1) is 0 Å². The van der Waals surface area contributed by atoms with Gasteiger partial charge in [-0.2, -0.15) is 0 Å². The second kappa shape index (κ2) is 8.29. The summed E-state index contributed by atoms with van der Waals surface area (Å²) >= 11 is 0. The van der Waals surface area contributed by atoms with Crippen LogP contribution in [0.25, 0.3) is 0 Å². The van der Waals surface area contributed by atoms with Gasteiger partial charge in [-0.1, -0.05) is 0 Å². The van der Waals surface area contributed by atoms with Crippen molar-refractivity contribution in [3.05, 3.63) is 47.5 Å². The monoisotopic (exact) mass is 318 g/mol. The van der Waals surface area contributed by atoms with Gasteiger partial charge in [0.25, 0.3) is 0 Å². The van der Waals surface area contributed by atoms with Crippen molar-refractivity contribution in [2.45, 2.75) is 13.2 Å². The molecule has 0 saturated carbocycles. The lowest BCUT2D eigenvalue weighted by Gasteiger charge is -2.13. The third-order valence-electron chi connectivity index (χ3n) is 3.50. The number of hydrogen-bond donors (Lipinski definition) is 0. The molecule has 2 aromatic carbocycles. The average Bonchev–Trinajstić information content (AvgIpc) is 2.61. The number of methoxy groups -OCH3 is 4. The van der Waals surface area contributed by atoms with Gasteiger partial charge in [-0.25, -0.2) is 0 Å². The van der Waals surface area contributed by atoms with Crippen LogP contribution < -0.4 is 18.9 Å². The first-order chi connectivity index (χ1) is 11.2. The summed E-state index contributed by atoms with van der Waals surface area (Å²) in [7, 11) is 6.51. The third kappa shape index (κ3) is 4.29. The number of hydrogen-bond acceptors (Lipinski definition) is 5. The summed E-state index contributed by atoms with van der Waals surface area (Å²) in [5.74, 6) is 2.99. The summed E-state index contributed by atoms with van der Waals surface area (Å²) in [5, 5.41) is 0. The Balaban J connectivity index is 2.02. The molecule has 2 aromatic rings. The van der Waals surface area contributed by atoms with E-state index in [9.17, 15) is 0 Å². The van der Waals surface area contributed by atoms with Crippen LogP contribution in [-0.2, 0) is 18.0 Å². The molecule has 23 heavy (non-hydrogen) atoms. The molecule has 124 valence electrons. The van der Waals surface area contributed by atoms with Gasteiger partial charge < -0.3 is 23.7 Å². The van der Waals surface area contributed by atoms with Gasteiger partial charge in [-0.15, -0.1) is 0 Å². The van der Waals surface area contributed by atoms with Crippen molar-refractivity contribution in [3.8, 4) is 23.0 Å². The minimum atomic E-state index is 0.433. The zero-order chi connectivity index (χ0) is 16.7. The summed E-state index contributed by atoms with van der Waals surface area (Å²) in [5.41, 5.74) is 1.92. The van der Waals surface area contributed by atoms with Crippen LogP contribution in [0.2, 0.25) is 0 Å². The van der Waals surface area contributed by atoms with Gasteiger partial charge in [0.1, 0.15) is 23.0 Å². The Bertz CT molecular complexity index is 584. The zero-order valence-electron chi connectivity index (χ0n) is 13.9. The van der Waals surface area contributed by atoms with E-state index in [1.165, 1.54) is 0 Å². The fourth-order valence-corrected chi connectivity index (χ4v) is 2.21. The fraction of sp³-hybridized carbons (Fsp3) is 0.333. The van der Waals surface area contributed by atoms with Gasteiger partial charge in [0.15, 0.2) is 0 Å². The Labute approximate surface area is 136 Å². The molecule has 0 fully saturated rings. The first-order valence-electron chi connectivity index (χ1n) is 7.21. The van der Waals surface area contributed by atoms with Crippen LogP contribution in [0.15, 0.2) is 36.4 Å². The maximum atomic E-state index is 5.80. The SMILES string of the molecule is COc1ccc(COCc2ccc(OC)cc2OC)c(OC)c1. The van der Waals surface area contributed by atoms with Crippen molar-refractivity contribution in [1.82, 2.24) is 0 Å². The smallest absolute Gasteiger partial charge is 0.128 e. The Kier molecular flexibility index (Phi) is 6.11. The number of benzene rings is 2. The molecular weight excluding hydrogens is 296 g/mol. The lowest BCUT2D eigenvalue weighted by Crippen LogP contribution is -2.00. The van der Waals surface area contributed by atoms with Crippen molar-refractivity contribution in [1.29, 1.82) is 0 Å². The predicted molar refractivity (Wildman–Crippen MR) is 87.6 cm³/mol. The zero-order valence-corrected chi connectivity index (χ0v) is 13.9. The molecule has 0 radical (unpaired) electrons. The van der Waals surface area contributed by atoms with Gasteiger partial charge >= 0.3 is 0 Å². The molecule has 0 heterocycles. The molecule has 0 aliphatic heterocycles. The molecule has 0 unspecified atom stereocenters. The van der Waals surface area contributed by atoms with E-state index in [0.29, 0.717) is 13.2 Å². The Hall–Kier alpha value is -2.40. The lowest BCUT2D eigenvalue weighted by molar-refractivity contribution is 0.103. The number of rotatable bonds is 8. The van der Waals surface area contributed by atoms with Crippen LogP contribution in [0.4, 0.5) is 0 Å². The maximum Gasteiger partial charge on any atom is 0.128 e. The maximum absolute atomic E-state index is 5.80. The van der Waals surface area contributed by atoms with Crippen LogP contribution in [0.3, 0.4) is 0 Å². The van der Waals surface area contributed by atoms with Crippen molar-refractivity contribution < 1.29 is 23.7 Å². The summed E-state index contributed by atoms with van der Waals surface area (Å²) in [4.78, 5) is 0. The molecule has 5 nitrogen and oxygen atoms in total. The van der Waals surface area contributed by atoms with Crippen LogP contribution in [0.1, 0.15) is 11.1 Å². The predicted octanol–water partition coefficient (Wildman–Crippen LogP) is 3.44. The normalized spacial score (nSPS) is 10.3. The summed E-state index contributed by atoms with van der Waals surface area (Å²) in [6.07, 6.45) is 0. The highest BCUT2D eigenvalue weighted by Crippen LogP contribution is 2.27. The molecule has 0 bridgehead atoms. The van der Waals surface area contributed by atoms with Crippen molar-refractivity contribution in [3.63, 3.8) is 0 Å². The lowest BCUT2D eigenvalue weighted by atomic mass is 10.2. The molecule has 0 spiro atoms. The summed E-state index contributed by atoms with van der Waals surface area (Å²) in [6.45, 7) is 0.866. The van der Waals surface area contributed by atoms with E-state index in [1.54, 1.807) is 28.4 Å². The molecule has 0 N–H and O–H groups in total. The van der Waals surface area contributed by atoms with Gasteiger partial charge in [0, 0.05) is 23.3 Å². The molecule has 0 atom stereocenters. The topological polar surface area (TPSA) is 46.2 Å². The van der Waals surface area contributed by atoms with E-state index < -0.39 is 0 Å². The molecule has 0 amide bonds.